The molecule has 2 heterocycles. The monoisotopic (exact) mass is 1030 g/mol. The van der Waals surface area contributed by atoms with Crippen molar-refractivity contribution < 1.29 is 64.6 Å². The molecule has 0 aromatic rings. The molecule has 12 atom stereocenters. The van der Waals surface area contributed by atoms with Crippen molar-refractivity contribution in [2.75, 3.05) is 19.8 Å². The van der Waals surface area contributed by atoms with Gasteiger partial charge in [-0.05, 0) is 12.8 Å². The van der Waals surface area contributed by atoms with Crippen LogP contribution >= 0.6 is 0 Å². The predicted molar refractivity (Wildman–Crippen MR) is 286 cm³/mol. The van der Waals surface area contributed by atoms with E-state index < -0.39 is 86.8 Å². The van der Waals surface area contributed by atoms with Crippen molar-refractivity contribution in [3.8, 4) is 0 Å². The van der Waals surface area contributed by atoms with Crippen LogP contribution in [0.3, 0.4) is 0 Å². The van der Waals surface area contributed by atoms with Gasteiger partial charge in [-0.2, -0.15) is 0 Å². The van der Waals surface area contributed by atoms with Gasteiger partial charge in [-0.1, -0.05) is 251 Å². The molecule has 14 nitrogen and oxygen atoms in total. The van der Waals surface area contributed by atoms with E-state index in [1.165, 1.54) is 193 Å². The molecule has 2 aliphatic heterocycles. The summed E-state index contributed by atoms with van der Waals surface area (Å²) in [4.78, 5) is 13.2. The molecule has 0 aromatic carbocycles. The molecule has 1 amide bonds. The summed E-state index contributed by atoms with van der Waals surface area (Å²) in [5.74, 6) is -0.204. The van der Waals surface area contributed by atoms with E-state index in [4.69, 9.17) is 18.9 Å². The summed E-state index contributed by atoms with van der Waals surface area (Å²) in [7, 11) is 0. The fourth-order valence-corrected chi connectivity index (χ4v) is 10.4. The molecule has 0 saturated carbocycles. The van der Waals surface area contributed by atoms with Crippen molar-refractivity contribution in [2.45, 2.75) is 344 Å². The fourth-order valence-electron chi connectivity index (χ4n) is 10.4. The molecular formula is C58H113NO13. The molecule has 0 bridgehead atoms. The summed E-state index contributed by atoms with van der Waals surface area (Å²) in [5.41, 5.74) is 0. The minimum Gasteiger partial charge on any atom is -0.394 e. The Hall–Kier alpha value is -1.01. The van der Waals surface area contributed by atoms with Gasteiger partial charge in [0, 0.05) is 6.42 Å². The van der Waals surface area contributed by atoms with Gasteiger partial charge in [-0.25, -0.2) is 0 Å². The predicted octanol–water partition coefficient (Wildman–Crippen LogP) is 10.1. The second kappa shape index (κ2) is 45.1. The molecule has 2 rings (SSSR count). The van der Waals surface area contributed by atoms with Crippen LogP contribution in [0, 0.1) is 0 Å². The smallest absolute Gasteiger partial charge is 0.220 e. The Morgan fingerprint density at radius 2 is 0.792 bits per heavy atom. The van der Waals surface area contributed by atoms with Crippen LogP contribution in [-0.4, -0.2) is 140 Å². The Morgan fingerprint density at radius 1 is 0.444 bits per heavy atom. The van der Waals surface area contributed by atoms with E-state index in [1.807, 2.05) is 0 Å². The number of carbonyl (C=O) groups is 1. The second-order valence-electron chi connectivity index (χ2n) is 21.8. The van der Waals surface area contributed by atoms with Gasteiger partial charge in [0.2, 0.25) is 5.91 Å². The van der Waals surface area contributed by atoms with Crippen LogP contribution in [0.5, 0.6) is 0 Å². The maximum atomic E-state index is 13.2. The summed E-state index contributed by atoms with van der Waals surface area (Å²) < 4.78 is 22.8. The average molecular weight is 1030 g/mol. The van der Waals surface area contributed by atoms with Crippen LogP contribution in [0.1, 0.15) is 271 Å². The first-order valence-corrected chi connectivity index (χ1v) is 30.3. The summed E-state index contributed by atoms with van der Waals surface area (Å²) in [6.45, 7) is 2.88. The zero-order valence-electron chi connectivity index (χ0n) is 46.0. The van der Waals surface area contributed by atoms with Crippen LogP contribution in [-0.2, 0) is 23.7 Å². The topological polar surface area (TPSA) is 228 Å². The molecule has 0 spiro atoms. The Balaban J connectivity index is 1.67. The molecule has 0 radical (unpaired) electrons. The van der Waals surface area contributed by atoms with Crippen molar-refractivity contribution in [3.63, 3.8) is 0 Å². The van der Waals surface area contributed by atoms with Crippen LogP contribution in [0.2, 0.25) is 0 Å². The Morgan fingerprint density at radius 3 is 1.18 bits per heavy atom. The summed E-state index contributed by atoms with van der Waals surface area (Å²) in [6, 6.07) is -0.821. The number of nitrogens with one attached hydrogen (secondary N) is 1. The van der Waals surface area contributed by atoms with E-state index in [1.54, 1.807) is 0 Å². The maximum Gasteiger partial charge on any atom is 0.220 e. The number of amides is 1. The van der Waals surface area contributed by atoms with Gasteiger partial charge in [-0.3, -0.25) is 4.79 Å². The SMILES string of the molecule is CCCCCCCCCCCCCCCCCCCCCCCCCCCCCC(O)C(COC1OC(CO)C(OC2OC(CO)C(O)C(O)C2O)C(O)C1O)NC(=O)CCCCCCCCCCCCC. The third kappa shape index (κ3) is 30.7. The van der Waals surface area contributed by atoms with Crippen LogP contribution in [0.15, 0.2) is 0 Å². The van der Waals surface area contributed by atoms with Gasteiger partial charge in [0.05, 0.1) is 32.0 Å². The van der Waals surface area contributed by atoms with E-state index in [0.717, 1.165) is 51.4 Å². The van der Waals surface area contributed by atoms with Gasteiger partial charge in [-0.15, -0.1) is 0 Å². The van der Waals surface area contributed by atoms with E-state index >= 15 is 0 Å². The highest BCUT2D eigenvalue weighted by atomic mass is 16.7. The summed E-state index contributed by atoms with van der Waals surface area (Å²) in [5, 5.41) is 87.1. The van der Waals surface area contributed by atoms with Crippen LogP contribution < -0.4 is 5.32 Å². The van der Waals surface area contributed by atoms with Crippen molar-refractivity contribution in [3.05, 3.63) is 0 Å². The van der Waals surface area contributed by atoms with Crippen molar-refractivity contribution in [1.29, 1.82) is 0 Å². The lowest BCUT2D eigenvalue weighted by Crippen LogP contribution is -2.65. The van der Waals surface area contributed by atoms with Gasteiger partial charge in [0.1, 0.15) is 48.8 Å². The second-order valence-corrected chi connectivity index (χ2v) is 21.8. The molecule has 428 valence electrons. The first-order valence-electron chi connectivity index (χ1n) is 30.3. The van der Waals surface area contributed by atoms with Gasteiger partial charge in [0.15, 0.2) is 12.6 Å². The number of unbranched alkanes of at least 4 members (excludes halogenated alkanes) is 36. The number of hydrogen-bond acceptors (Lipinski definition) is 13. The number of aliphatic hydroxyl groups is 8. The minimum atomic E-state index is -1.78. The van der Waals surface area contributed by atoms with Gasteiger partial charge >= 0.3 is 0 Å². The Bertz CT molecular complexity index is 1220. The Labute approximate surface area is 438 Å². The third-order valence-corrected chi connectivity index (χ3v) is 15.3. The molecule has 2 fully saturated rings. The standard InChI is InChI=1S/C58H113NO13/c1-3-5-7-9-11-13-15-16-17-18-19-20-21-22-23-24-25-26-27-28-29-30-32-33-35-37-39-41-47(62)46(59-50(63)42-40-38-36-34-31-14-12-10-8-6-4-2)45-69-57-55(68)53(66)56(49(44-61)71-57)72-58-54(67)52(65)51(64)48(43-60)70-58/h46-49,51-58,60-62,64-68H,3-45H2,1-2H3,(H,59,63). The highest BCUT2D eigenvalue weighted by molar-refractivity contribution is 5.76. The molecule has 0 aromatic heterocycles. The first-order chi connectivity index (χ1) is 35.1. The van der Waals surface area contributed by atoms with Crippen molar-refractivity contribution >= 4 is 5.91 Å². The summed E-state index contributed by atoms with van der Waals surface area (Å²) >= 11 is 0. The number of rotatable bonds is 49. The zero-order valence-corrected chi connectivity index (χ0v) is 46.0. The Kier molecular flexibility index (Phi) is 42.0. The molecule has 2 saturated heterocycles. The van der Waals surface area contributed by atoms with Crippen molar-refractivity contribution in [1.82, 2.24) is 5.32 Å². The van der Waals surface area contributed by atoms with E-state index in [9.17, 15) is 45.6 Å². The van der Waals surface area contributed by atoms with E-state index in [0.29, 0.717) is 12.8 Å². The number of hydrogen-bond donors (Lipinski definition) is 9. The first kappa shape index (κ1) is 67.1. The maximum absolute atomic E-state index is 13.2. The number of carbonyl (C=O) groups excluding carboxylic acids is 1. The zero-order chi connectivity index (χ0) is 52.4. The molecule has 9 N–H and O–H groups in total. The van der Waals surface area contributed by atoms with E-state index in [-0.39, 0.29) is 12.5 Å². The molecule has 14 heteroatoms. The third-order valence-electron chi connectivity index (χ3n) is 15.3. The molecule has 0 aliphatic carbocycles. The van der Waals surface area contributed by atoms with Gasteiger partial charge in [0.25, 0.3) is 0 Å². The molecule has 72 heavy (non-hydrogen) atoms. The normalized spacial score (nSPS) is 25.5. The van der Waals surface area contributed by atoms with Gasteiger partial charge < -0.3 is 65.1 Å². The highest BCUT2D eigenvalue weighted by Crippen LogP contribution is 2.30. The van der Waals surface area contributed by atoms with Crippen LogP contribution in [0.4, 0.5) is 0 Å². The fraction of sp³-hybridized carbons (Fsp3) is 0.983. The summed E-state index contributed by atoms with van der Waals surface area (Å²) in [6.07, 6.45) is 32.7. The lowest BCUT2D eigenvalue weighted by atomic mass is 9.97. The lowest BCUT2D eigenvalue weighted by Gasteiger charge is -2.46. The molecule has 12 unspecified atom stereocenters. The number of aliphatic hydroxyl groups excluding tert-OH is 8. The van der Waals surface area contributed by atoms with Crippen molar-refractivity contribution in [2.24, 2.45) is 0 Å². The van der Waals surface area contributed by atoms with E-state index in [2.05, 4.69) is 19.2 Å². The quantitative estimate of drug-likeness (QED) is 0.0259. The molecule has 2 aliphatic rings. The highest BCUT2D eigenvalue weighted by Gasteiger charge is 2.51. The molecular weight excluding hydrogens is 919 g/mol. The van der Waals surface area contributed by atoms with Crippen LogP contribution in [0.25, 0.3) is 0 Å². The number of ether oxygens (including phenoxy) is 4. The largest absolute Gasteiger partial charge is 0.394 e. The minimum absolute atomic E-state index is 0.204. The average Bonchev–Trinajstić information content (AvgIpc) is 3.38. The lowest BCUT2D eigenvalue weighted by molar-refractivity contribution is -0.359.